The molecule has 1 N–H and O–H groups in total. The number of amides is 1. The Bertz CT molecular complexity index is 1170. The van der Waals surface area contributed by atoms with Gasteiger partial charge < -0.3 is 9.72 Å². The van der Waals surface area contributed by atoms with E-state index in [2.05, 4.69) is 12.2 Å². The molecule has 4 bridgehead atoms. The molecule has 3 aromatic rings. The lowest BCUT2D eigenvalue weighted by atomic mass is 9.48. The summed E-state index contributed by atoms with van der Waals surface area (Å²) in [6.07, 6.45) is 9.90. The topological polar surface area (TPSA) is 55.5 Å². The summed E-state index contributed by atoms with van der Waals surface area (Å²) >= 11 is 0. The Morgan fingerprint density at radius 1 is 1.00 bits per heavy atom. The minimum absolute atomic E-state index is 0.0543. The average Bonchev–Trinajstić information content (AvgIpc) is 3.20. The second-order valence-electron chi connectivity index (χ2n) is 10.2. The number of carbonyl (C=O) groups is 1. The van der Waals surface area contributed by atoms with Gasteiger partial charge in [0.15, 0.2) is 0 Å². The van der Waals surface area contributed by atoms with Gasteiger partial charge in [0.2, 0.25) is 5.91 Å². The summed E-state index contributed by atoms with van der Waals surface area (Å²) in [6, 6.07) is 11.7. The van der Waals surface area contributed by atoms with Crippen LogP contribution >= 0.6 is 0 Å². The monoisotopic (exact) mass is 403 g/mol. The van der Waals surface area contributed by atoms with Crippen molar-refractivity contribution in [2.45, 2.75) is 58.0 Å². The van der Waals surface area contributed by atoms with Crippen LogP contribution < -0.4 is 10.9 Å². The maximum atomic E-state index is 13.1. The van der Waals surface area contributed by atoms with E-state index < -0.39 is 0 Å². The van der Waals surface area contributed by atoms with Gasteiger partial charge in [-0.15, -0.1) is 0 Å². The van der Waals surface area contributed by atoms with Gasteiger partial charge in [0, 0.05) is 12.2 Å². The second-order valence-corrected chi connectivity index (χ2v) is 10.2. The summed E-state index contributed by atoms with van der Waals surface area (Å²) in [7, 11) is 0. The van der Waals surface area contributed by atoms with Crippen molar-refractivity contribution in [2.75, 3.05) is 0 Å². The molecular weight excluding hydrogens is 374 g/mol. The third-order valence-electron chi connectivity index (χ3n) is 8.33. The third-order valence-corrected chi connectivity index (χ3v) is 8.33. The molecule has 30 heavy (non-hydrogen) atoms. The van der Waals surface area contributed by atoms with Gasteiger partial charge in [0.25, 0.3) is 5.56 Å². The Hall–Kier alpha value is -2.56. The number of fused-ring (bicyclic) bond motifs is 3. The minimum atomic E-state index is -0.115. The molecule has 0 aliphatic heterocycles. The van der Waals surface area contributed by atoms with Crippen molar-refractivity contribution in [1.29, 1.82) is 0 Å². The van der Waals surface area contributed by atoms with E-state index in [9.17, 15) is 9.59 Å². The van der Waals surface area contributed by atoms with Crippen molar-refractivity contribution in [3.63, 3.8) is 0 Å². The number of nitrogens with one attached hydrogen (secondary N) is 1. The summed E-state index contributed by atoms with van der Waals surface area (Å²) in [5.41, 5.74) is 2.50. The highest BCUT2D eigenvalue weighted by molar-refractivity contribution is 5.82. The van der Waals surface area contributed by atoms with E-state index in [1.807, 2.05) is 47.0 Å². The number of benzene rings is 1. The molecule has 4 fully saturated rings. The summed E-state index contributed by atoms with van der Waals surface area (Å²) in [5.74, 6) is 2.53. The lowest BCUT2D eigenvalue weighted by molar-refractivity contribution is -0.126. The molecule has 1 amide bonds. The van der Waals surface area contributed by atoms with Crippen molar-refractivity contribution < 1.29 is 4.79 Å². The molecule has 0 saturated heterocycles. The predicted octanol–water partition coefficient (Wildman–Crippen LogP) is 3.98. The molecule has 5 nitrogen and oxygen atoms in total. The van der Waals surface area contributed by atoms with Crippen LogP contribution in [-0.4, -0.2) is 20.9 Å². The van der Waals surface area contributed by atoms with Gasteiger partial charge in [0.1, 0.15) is 12.1 Å². The molecule has 4 aliphatic rings. The molecular formula is C25H29N3O2. The van der Waals surface area contributed by atoms with E-state index in [-0.39, 0.29) is 29.5 Å². The van der Waals surface area contributed by atoms with Crippen LogP contribution in [0.2, 0.25) is 0 Å². The summed E-state index contributed by atoms with van der Waals surface area (Å²) < 4.78 is 3.54. The number of nitrogens with zero attached hydrogens (tertiary/aromatic N) is 2. The molecule has 1 atom stereocenters. The molecule has 5 heteroatoms. The number of aromatic nitrogens is 2. The third kappa shape index (κ3) is 2.67. The van der Waals surface area contributed by atoms with Crippen LogP contribution in [-0.2, 0) is 11.3 Å². The van der Waals surface area contributed by atoms with Crippen LogP contribution in [0.15, 0.2) is 47.4 Å². The molecule has 2 aromatic heterocycles. The van der Waals surface area contributed by atoms with Gasteiger partial charge in [-0.3, -0.25) is 14.2 Å². The smallest absolute Gasteiger partial charge is 0.275 e. The van der Waals surface area contributed by atoms with E-state index in [1.54, 1.807) is 4.57 Å². The van der Waals surface area contributed by atoms with E-state index in [0.29, 0.717) is 5.52 Å². The highest BCUT2D eigenvalue weighted by atomic mass is 16.2. The van der Waals surface area contributed by atoms with Gasteiger partial charge in [-0.1, -0.05) is 12.1 Å². The van der Waals surface area contributed by atoms with Crippen LogP contribution in [0.1, 0.15) is 45.4 Å². The fraction of sp³-hybridized carbons (Fsp3) is 0.520. The zero-order valence-corrected chi connectivity index (χ0v) is 17.5. The van der Waals surface area contributed by atoms with Crippen molar-refractivity contribution in [1.82, 2.24) is 14.3 Å². The number of rotatable bonds is 4. The maximum absolute atomic E-state index is 13.1. The van der Waals surface area contributed by atoms with Crippen molar-refractivity contribution in [3.8, 4) is 0 Å². The lowest BCUT2D eigenvalue weighted by Gasteiger charge is -2.59. The molecule has 1 aromatic carbocycles. The van der Waals surface area contributed by atoms with Gasteiger partial charge >= 0.3 is 0 Å². The fourth-order valence-corrected chi connectivity index (χ4v) is 7.36. The molecule has 0 spiro atoms. The van der Waals surface area contributed by atoms with Crippen LogP contribution in [0.4, 0.5) is 0 Å². The number of hydrogen-bond acceptors (Lipinski definition) is 2. The van der Waals surface area contributed by atoms with Gasteiger partial charge in [-0.2, -0.15) is 0 Å². The minimum Gasteiger partial charge on any atom is -0.352 e. The lowest BCUT2D eigenvalue weighted by Crippen LogP contribution is -2.56. The molecule has 7 rings (SSSR count). The van der Waals surface area contributed by atoms with Crippen LogP contribution in [0.25, 0.3) is 16.6 Å². The zero-order valence-electron chi connectivity index (χ0n) is 17.5. The molecule has 0 unspecified atom stereocenters. The summed E-state index contributed by atoms with van der Waals surface area (Å²) in [5, 5.41) is 3.31. The van der Waals surface area contributed by atoms with Crippen molar-refractivity contribution in [2.24, 2.45) is 23.2 Å². The van der Waals surface area contributed by atoms with E-state index in [4.69, 9.17) is 0 Å². The van der Waals surface area contributed by atoms with Crippen molar-refractivity contribution in [3.05, 3.63) is 52.9 Å². The molecule has 4 aliphatic carbocycles. The predicted molar refractivity (Wildman–Crippen MR) is 117 cm³/mol. The Labute approximate surface area is 176 Å². The summed E-state index contributed by atoms with van der Waals surface area (Å²) in [4.78, 5) is 26.2. The van der Waals surface area contributed by atoms with Crippen LogP contribution in [0, 0.1) is 23.2 Å². The molecule has 0 radical (unpaired) electrons. The van der Waals surface area contributed by atoms with Gasteiger partial charge in [-0.25, -0.2) is 0 Å². The second kappa shape index (κ2) is 6.47. The van der Waals surface area contributed by atoms with E-state index >= 15 is 0 Å². The van der Waals surface area contributed by atoms with Crippen LogP contribution in [0.5, 0.6) is 0 Å². The first-order valence-electron chi connectivity index (χ1n) is 11.4. The first kappa shape index (κ1) is 18.2. The SMILES string of the molecule is C[C@H](NC(=O)Cn1c(=O)c2cccn2c2ccccc21)C12CC3CC(CC(C3)C1)C2. The average molecular weight is 404 g/mol. The number of para-hydroxylation sites is 2. The largest absolute Gasteiger partial charge is 0.352 e. The normalized spacial score (nSPS) is 30.8. The van der Waals surface area contributed by atoms with Gasteiger partial charge in [-0.05, 0) is 92.9 Å². The highest BCUT2D eigenvalue weighted by Gasteiger charge is 2.53. The molecule has 2 heterocycles. The Kier molecular flexibility index (Phi) is 3.93. The zero-order chi connectivity index (χ0) is 20.5. The van der Waals surface area contributed by atoms with E-state index in [0.717, 1.165) is 28.8 Å². The van der Waals surface area contributed by atoms with Crippen LogP contribution in [0.3, 0.4) is 0 Å². The first-order chi connectivity index (χ1) is 14.5. The highest BCUT2D eigenvalue weighted by Crippen LogP contribution is 2.61. The van der Waals surface area contributed by atoms with E-state index in [1.165, 1.54) is 38.5 Å². The standard InChI is InChI=1S/C25H29N3O2/c1-16(25-12-17-9-18(13-25)11-19(10-17)14-25)26-23(29)15-28-21-6-3-2-5-20(21)27-8-4-7-22(27)24(28)30/h2-8,16-19H,9-15H2,1H3,(H,26,29)/t16-,17?,18?,19?,25?/m0/s1. The Morgan fingerprint density at radius 2 is 1.60 bits per heavy atom. The molecule has 156 valence electrons. The molecule has 4 saturated carbocycles. The first-order valence-corrected chi connectivity index (χ1v) is 11.4. The fourth-order valence-electron chi connectivity index (χ4n) is 7.36. The number of hydrogen-bond donors (Lipinski definition) is 1. The number of carbonyl (C=O) groups excluding carboxylic acids is 1. The Balaban J connectivity index is 1.29. The summed E-state index contributed by atoms with van der Waals surface area (Å²) in [6.45, 7) is 2.26. The van der Waals surface area contributed by atoms with Crippen molar-refractivity contribution >= 4 is 22.5 Å². The van der Waals surface area contributed by atoms with Gasteiger partial charge in [0.05, 0.1) is 11.0 Å². The quantitative estimate of drug-likeness (QED) is 0.717. The maximum Gasteiger partial charge on any atom is 0.275 e. The Morgan fingerprint density at radius 3 is 2.27 bits per heavy atom.